The first-order valence-electron chi connectivity index (χ1n) is 4.92. The molecule has 0 saturated heterocycles. The van der Waals surface area contributed by atoms with Gasteiger partial charge in [0, 0.05) is 0 Å². The predicted octanol–water partition coefficient (Wildman–Crippen LogP) is 3.28. The lowest BCUT2D eigenvalue weighted by Crippen LogP contribution is -2.25. The van der Waals surface area contributed by atoms with Gasteiger partial charge < -0.3 is 5.11 Å². The predicted molar refractivity (Wildman–Crippen MR) is 54.2 cm³/mol. The van der Waals surface area contributed by atoms with E-state index in [4.69, 9.17) is 0 Å². The number of aliphatic hydroxyl groups is 1. The second-order valence-electron chi connectivity index (χ2n) is 3.83. The van der Waals surface area contributed by atoms with Crippen molar-refractivity contribution < 1.29 is 5.11 Å². The molecule has 0 saturated carbocycles. The molecule has 0 aromatic heterocycles. The van der Waals surface area contributed by atoms with Crippen LogP contribution in [0.5, 0.6) is 0 Å². The molecule has 0 aromatic carbocycles. The highest BCUT2D eigenvalue weighted by molar-refractivity contribution is 5.06. The number of rotatable bonds is 5. The minimum Gasteiger partial charge on any atom is -0.386 e. The SMILES string of the molecule is CCCC(O)(C=C(C)C)CCC. The molecule has 1 N–H and O–H groups in total. The molecule has 0 radical (unpaired) electrons. The molecule has 0 aliphatic heterocycles. The Balaban J connectivity index is 4.27. The average Bonchev–Trinajstić information content (AvgIpc) is 1.85. The Morgan fingerprint density at radius 2 is 1.58 bits per heavy atom. The Labute approximate surface area is 76.5 Å². The van der Waals surface area contributed by atoms with Crippen molar-refractivity contribution in [3.05, 3.63) is 11.6 Å². The Morgan fingerprint density at radius 1 is 1.17 bits per heavy atom. The molecular weight excluding hydrogens is 148 g/mol. The third kappa shape index (κ3) is 4.55. The van der Waals surface area contributed by atoms with Crippen LogP contribution < -0.4 is 0 Å². The van der Waals surface area contributed by atoms with Crippen LogP contribution in [-0.4, -0.2) is 10.7 Å². The molecule has 0 fully saturated rings. The second kappa shape index (κ2) is 5.36. The van der Waals surface area contributed by atoms with E-state index in [9.17, 15) is 5.11 Å². The molecule has 12 heavy (non-hydrogen) atoms. The van der Waals surface area contributed by atoms with Gasteiger partial charge in [-0.3, -0.25) is 0 Å². The summed E-state index contributed by atoms with van der Waals surface area (Å²) in [5.41, 5.74) is 0.668. The normalized spacial score (nSPS) is 11.4. The fourth-order valence-electron chi connectivity index (χ4n) is 1.67. The number of allylic oxidation sites excluding steroid dienone is 1. The van der Waals surface area contributed by atoms with Gasteiger partial charge in [-0.25, -0.2) is 0 Å². The van der Waals surface area contributed by atoms with Gasteiger partial charge in [0.1, 0.15) is 0 Å². The average molecular weight is 170 g/mol. The van der Waals surface area contributed by atoms with Gasteiger partial charge in [0.05, 0.1) is 5.60 Å². The lowest BCUT2D eigenvalue weighted by atomic mass is 9.91. The zero-order chi connectivity index (χ0) is 9.61. The van der Waals surface area contributed by atoms with Crippen LogP contribution in [0.4, 0.5) is 0 Å². The van der Waals surface area contributed by atoms with Crippen LogP contribution in [0, 0.1) is 0 Å². The van der Waals surface area contributed by atoms with Crippen molar-refractivity contribution in [2.24, 2.45) is 0 Å². The summed E-state index contributed by atoms with van der Waals surface area (Å²) in [6.45, 7) is 8.30. The summed E-state index contributed by atoms with van der Waals surface area (Å²) in [5, 5.41) is 10.1. The summed E-state index contributed by atoms with van der Waals surface area (Å²) in [4.78, 5) is 0. The van der Waals surface area contributed by atoms with Crippen molar-refractivity contribution in [2.75, 3.05) is 0 Å². The van der Waals surface area contributed by atoms with Gasteiger partial charge in [0.15, 0.2) is 0 Å². The van der Waals surface area contributed by atoms with E-state index in [0.717, 1.165) is 25.7 Å². The highest BCUT2D eigenvalue weighted by atomic mass is 16.3. The van der Waals surface area contributed by atoms with E-state index < -0.39 is 5.60 Å². The molecule has 0 rings (SSSR count). The van der Waals surface area contributed by atoms with E-state index in [0.29, 0.717) is 0 Å². The molecule has 0 aromatic rings. The van der Waals surface area contributed by atoms with Crippen molar-refractivity contribution in [3.8, 4) is 0 Å². The van der Waals surface area contributed by atoms with Crippen LogP contribution in [-0.2, 0) is 0 Å². The van der Waals surface area contributed by atoms with E-state index in [1.165, 1.54) is 5.57 Å². The van der Waals surface area contributed by atoms with Crippen molar-refractivity contribution in [1.82, 2.24) is 0 Å². The van der Waals surface area contributed by atoms with Gasteiger partial charge in [-0.05, 0) is 26.7 Å². The lowest BCUT2D eigenvalue weighted by Gasteiger charge is -2.24. The maximum absolute atomic E-state index is 10.1. The zero-order valence-corrected chi connectivity index (χ0v) is 8.85. The van der Waals surface area contributed by atoms with Crippen LogP contribution >= 0.6 is 0 Å². The van der Waals surface area contributed by atoms with Crippen LogP contribution in [0.15, 0.2) is 11.6 Å². The standard InChI is InChI=1S/C11H22O/c1-5-7-11(12,8-6-2)9-10(3)4/h9,12H,5-8H2,1-4H3. The maximum atomic E-state index is 10.1. The summed E-state index contributed by atoms with van der Waals surface area (Å²) in [5.74, 6) is 0. The Hall–Kier alpha value is -0.300. The highest BCUT2D eigenvalue weighted by Gasteiger charge is 2.20. The van der Waals surface area contributed by atoms with Crippen molar-refractivity contribution >= 4 is 0 Å². The molecule has 0 bridgehead atoms. The smallest absolute Gasteiger partial charge is 0.0829 e. The molecule has 0 spiro atoms. The largest absolute Gasteiger partial charge is 0.386 e. The van der Waals surface area contributed by atoms with Gasteiger partial charge >= 0.3 is 0 Å². The van der Waals surface area contributed by atoms with Gasteiger partial charge in [0.25, 0.3) is 0 Å². The third-order valence-corrected chi connectivity index (χ3v) is 1.92. The molecule has 0 heterocycles. The molecule has 0 unspecified atom stereocenters. The molecule has 1 nitrogen and oxygen atoms in total. The first-order chi connectivity index (χ1) is 5.54. The molecule has 1 heteroatoms. The monoisotopic (exact) mass is 170 g/mol. The highest BCUT2D eigenvalue weighted by Crippen LogP contribution is 2.22. The third-order valence-electron chi connectivity index (χ3n) is 1.92. The first-order valence-corrected chi connectivity index (χ1v) is 4.92. The van der Waals surface area contributed by atoms with Crippen LogP contribution in [0.3, 0.4) is 0 Å². The first kappa shape index (κ1) is 11.7. The minimum atomic E-state index is -0.539. The molecular formula is C11H22O. The topological polar surface area (TPSA) is 20.2 Å². The van der Waals surface area contributed by atoms with E-state index in [1.54, 1.807) is 0 Å². The Kier molecular flexibility index (Phi) is 5.23. The Bertz CT molecular complexity index is 137. The van der Waals surface area contributed by atoms with Crippen LogP contribution in [0.1, 0.15) is 53.4 Å². The Morgan fingerprint density at radius 3 is 1.83 bits per heavy atom. The molecule has 0 amide bonds. The van der Waals surface area contributed by atoms with Gasteiger partial charge in [0.2, 0.25) is 0 Å². The van der Waals surface area contributed by atoms with Crippen molar-refractivity contribution in [2.45, 2.75) is 59.0 Å². The van der Waals surface area contributed by atoms with Crippen molar-refractivity contribution in [3.63, 3.8) is 0 Å². The van der Waals surface area contributed by atoms with E-state index >= 15 is 0 Å². The zero-order valence-electron chi connectivity index (χ0n) is 8.85. The van der Waals surface area contributed by atoms with E-state index in [1.807, 2.05) is 19.9 Å². The molecule has 0 aliphatic carbocycles. The summed E-state index contributed by atoms with van der Waals surface area (Å²) >= 11 is 0. The summed E-state index contributed by atoms with van der Waals surface area (Å²) in [7, 11) is 0. The van der Waals surface area contributed by atoms with E-state index in [-0.39, 0.29) is 0 Å². The molecule has 72 valence electrons. The fourth-order valence-corrected chi connectivity index (χ4v) is 1.67. The second-order valence-corrected chi connectivity index (χ2v) is 3.83. The summed E-state index contributed by atoms with van der Waals surface area (Å²) in [6, 6.07) is 0. The lowest BCUT2D eigenvalue weighted by molar-refractivity contribution is 0.0698. The van der Waals surface area contributed by atoms with Crippen LogP contribution in [0.25, 0.3) is 0 Å². The summed E-state index contributed by atoms with van der Waals surface area (Å²) < 4.78 is 0. The fraction of sp³-hybridized carbons (Fsp3) is 0.818. The van der Waals surface area contributed by atoms with E-state index in [2.05, 4.69) is 13.8 Å². The van der Waals surface area contributed by atoms with Crippen molar-refractivity contribution in [1.29, 1.82) is 0 Å². The molecule has 0 atom stereocenters. The quantitative estimate of drug-likeness (QED) is 0.628. The van der Waals surface area contributed by atoms with Gasteiger partial charge in [-0.15, -0.1) is 0 Å². The maximum Gasteiger partial charge on any atom is 0.0829 e. The van der Waals surface area contributed by atoms with Gasteiger partial charge in [-0.1, -0.05) is 38.3 Å². The molecule has 0 aliphatic rings. The minimum absolute atomic E-state index is 0.539. The van der Waals surface area contributed by atoms with Gasteiger partial charge in [-0.2, -0.15) is 0 Å². The van der Waals surface area contributed by atoms with Crippen LogP contribution in [0.2, 0.25) is 0 Å². The summed E-state index contributed by atoms with van der Waals surface area (Å²) in [6.07, 6.45) is 5.85. The number of hydrogen-bond donors (Lipinski definition) is 1. The number of hydrogen-bond acceptors (Lipinski definition) is 1.